The minimum Gasteiger partial charge on any atom is -0.295 e. The van der Waals surface area contributed by atoms with E-state index in [1.165, 1.54) is 4.90 Å². The zero-order valence-corrected chi connectivity index (χ0v) is 14.5. The van der Waals surface area contributed by atoms with Crippen LogP contribution < -0.4 is 4.90 Å². The van der Waals surface area contributed by atoms with Crippen LogP contribution in [0.5, 0.6) is 0 Å². The molecule has 0 radical (unpaired) electrons. The van der Waals surface area contributed by atoms with Crippen LogP contribution in [0.15, 0.2) is 59.1 Å². The number of halogens is 1. The quantitative estimate of drug-likeness (QED) is 0.729. The van der Waals surface area contributed by atoms with Gasteiger partial charge >= 0.3 is 6.03 Å². The summed E-state index contributed by atoms with van der Waals surface area (Å²) in [6, 6.07) is 16.4. The van der Waals surface area contributed by atoms with Gasteiger partial charge in [-0.05, 0) is 29.8 Å². The highest BCUT2D eigenvalue weighted by Crippen LogP contribution is 2.46. The maximum Gasteiger partial charge on any atom is 0.333 e. The second-order valence-electron chi connectivity index (χ2n) is 5.45. The van der Waals surface area contributed by atoms with Crippen molar-refractivity contribution in [2.24, 2.45) is 0 Å². The molecule has 2 aromatic rings. The number of thioether (sulfide) groups is 1. The lowest BCUT2D eigenvalue weighted by Gasteiger charge is -2.23. The first-order valence-corrected chi connectivity index (χ1v) is 9.09. The third kappa shape index (κ3) is 2.37. The molecule has 4 nitrogen and oxygen atoms in total. The highest BCUT2D eigenvalue weighted by Gasteiger charge is 2.53. The van der Waals surface area contributed by atoms with Crippen LogP contribution in [0.3, 0.4) is 0 Å². The van der Waals surface area contributed by atoms with Crippen LogP contribution >= 0.6 is 27.7 Å². The number of hydrogen-bond acceptors (Lipinski definition) is 3. The first-order valence-electron chi connectivity index (χ1n) is 7.25. The summed E-state index contributed by atoms with van der Waals surface area (Å²) in [6.07, 6.45) is 0. The van der Waals surface area contributed by atoms with E-state index < -0.39 is 0 Å². The SMILES string of the molecule is O=C1[C@H]2CS[C@@H](c3ccc(Br)cc3)N2C(=O)N1c1ccccc1. The number of benzene rings is 2. The summed E-state index contributed by atoms with van der Waals surface area (Å²) in [5.41, 5.74) is 1.67. The van der Waals surface area contributed by atoms with E-state index in [2.05, 4.69) is 15.9 Å². The van der Waals surface area contributed by atoms with Gasteiger partial charge in [0.1, 0.15) is 11.4 Å². The van der Waals surface area contributed by atoms with E-state index in [0.717, 1.165) is 10.0 Å². The summed E-state index contributed by atoms with van der Waals surface area (Å²) in [6.45, 7) is 0. The Morgan fingerprint density at radius 3 is 2.39 bits per heavy atom. The number of para-hydroxylation sites is 1. The van der Waals surface area contributed by atoms with Crippen molar-refractivity contribution >= 4 is 45.3 Å². The zero-order chi connectivity index (χ0) is 16.0. The molecule has 2 aliphatic heterocycles. The van der Waals surface area contributed by atoms with Gasteiger partial charge in [0.05, 0.1) is 5.69 Å². The molecule has 4 rings (SSSR count). The third-order valence-corrected chi connectivity index (χ3v) is 5.94. The predicted octanol–water partition coefficient (Wildman–Crippen LogP) is 4.03. The summed E-state index contributed by atoms with van der Waals surface area (Å²) >= 11 is 5.06. The molecule has 0 spiro atoms. The molecule has 6 heteroatoms. The lowest BCUT2D eigenvalue weighted by molar-refractivity contribution is -0.119. The summed E-state index contributed by atoms with van der Waals surface area (Å²) < 4.78 is 0.996. The van der Waals surface area contributed by atoms with E-state index in [-0.39, 0.29) is 23.4 Å². The van der Waals surface area contributed by atoms with E-state index in [9.17, 15) is 9.59 Å². The Balaban J connectivity index is 1.68. The molecular formula is C17H13BrN2O2S. The molecule has 0 aliphatic carbocycles. The van der Waals surface area contributed by atoms with Crippen LogP contribution in [0.2, 0.25) is 0 Å². The summed E-state index contributed by atoms with van der Waals surface area (Å²) in [5, 5.41) is -0.113. The van der Waals surface area contributed by atoms with E-state index >= 15 is 0 Å². The number of hydrogen-bond donors (Lipinski definition) is 0. The highest BCUT2D eigenvalue weighted by atomic mass is 79.9. The van der Waals surface area contributed by atoms with Crippen molar-refractivity contribution in [3.8, 4) is 0 Å². The number of amides is 3. The van der Waals surface area contributed by atoms with E-state index in [1.54, 1.807) is 28.8 Å². The fourth-order valence-electron chi connectivity index (χ4n) is 2.99. The molecule has 0 bridgehead atoms. The molecule has 3 amide bonds. The Hall–Kier alpha value is -1.79. The zero-order valence-electron chi connectivity index (χ0n) is 12.1. The molecule has 2 fully saturated rings. The van der Waals surface area contributed by atoms with Gasteiger partial charge in [-0.15, -0.1) is 11.8 Å². The topological polar surface area (TPSA) is 40.6 Å². The fraction of sp³-hybridized carbons (Fsp3) is 0.176. The molecule has 2 saturated heterocycles. The normalized spacial score (nSPS) is 23.5. The van der Waals surface area contributed by atoms with Crippen molar-refractivity contribution in [2.45, 2.75) is 11.4 Å². The van der Waals surface area contributed by atoms with Crippen LogP contribution in [0.1, 0.15) is 10.9 Å². The molecule has 116 valence electrons. The highest BCUT2D eigenvalue weighted by molar-refractivity contribution is 9.10. The Labute approximate surface area is 146 Å². The fourth-order valence-corrected chi connectivity index (χ4v) is 4.67. The molecule has 0 unspecified atom stereocenters. The second-order valence-corrected chi connectivity index (χ2v) is 7.48. The van der Waals surface area contributed by atoms with Gasteiger partial charge in [0.2, 0.25) is 0 Å². The lowest BCUT2D eigenvalue weighted by Crippen LogP contribution is -2.33. The van der Waals surface area contributed by atoms with Gasteiger partial charge in [-0.1, -0.05) is 46.3 Å². The number of nitrogens with zero attached hydrogens (tertiary/aromatic N) is 2. The molecule has 0 aromatic heterocycles. The maximum absolute atomic E-state index is 12.9. The number of fused-ring (bicyclic) bond motifs is 1. The molecule has 0 N–H and O–H groups in total. The summed E-state index contributed by atoms with van der Waals surface area (Å²) in [4.78, 5) is 28.5. The summed E-state index contributed by atoms with van der Waals surface area (Å²) in [7, 11) is 0. The average Bonchev–Trinajstić information content (AvgIpc) is 3.10. The Kier molecular flexibility index (Phi) is 3.66. The van der Waals surface area contributed by atoms with Crippen molar-refractivity contribution in [3.63, 3.8) is 0 Å². The number of rotatable bonds is 2. The number of urea groups is 1. The lowest BCUT2D eigenvalue weighted by atomic mass is 10.2. The summed E-state index contributed by atoms with van der Waals surface area (Å²) in [5.74, 6) is 0.502. The molecule has 23 heavy (non-hydrogen) atoms. The van der Waals surface area contributed by atoms with Crippen molar-refractivity contribution < 1.29 is 9.59 Å². The minimum absolute atomic E-state index is 0.113. The Morgan fingerprint density at radius 1 is 1.00 bits per heavy atom. The van der Waals surface area contributed by atoms with Crippen molar-refractivity contribution in [2.75, 3.05) is 10.7 Å². The van der Waals surface area contributed by atoms with Gasteiger partial charge in [0.25, 0.3) is 5.91 Å². The first kappa shape index (κ1) is 14.8. The van der Waals surface area contributed by atoms with Crippen molar-refractivity contribution in [1.29, 1.82) is 0 Å². The molecule has 2 aromatic carbocycles. The molecule has 0 saturated carbocycles. The van der Waals surface area contributed by atoms with E-state index in [4.69, 9.17) is 0 Å². The van der Waals surface area contributed by atoms with Gasteiger partial charge in [-0.3, -0.25) is 9.69 Å². The van der Waals surface area contributed by atoms with Crippen LogP contribution in [-0.4, -0.2) is 28.6 Å². The predicted molar refractivity (Wildman–Crippen MR) is 94.3 cm³/mol. The molecule has 2 atom stereocenters. The van der Waals surface area contributed by atoms with Crippen LogP contribution in [0.4, 0.5) is 10.5 Å². The second kappa shape index (κ2) is 5.69. The van der Waals surface area contributed by atoms with E-state index in [0.29, 0.717) is 11.4 Å². The smallest absolute Gasteiger partial charge is 0.295 e. The van der Waals surface area contributed by atoms with Crippen molar-refractivity contribution in [1.82, 2.24) is 4.90 Å². The number of anilines is 1. The van der Waals surface area contributed by atoms with Gasteiger partial charge in [0, 0.05) is 10.2 Å². The standard InChI is InChI=1S/C17H13BrN2O2S/c18-12-8-6-11(7-9-12)16-20-14(10-23-16)15(21)19(17(20)22)13-4-2-1-3-5-13/h1-9,14,16H,10H2/t14-,16+/m1/s1. The first-order chi connectivity index (χ1) is 11.2. The minimum atomic E-state index is -0.374. The van der Waals surface area contributed by atoms with Crippen molar-refractivity contribution in [3.05, 3.63) is 64.6 Å². The van der Waals surface area contributed by atoms with Gasteiger partial charge in [0.15, 0.2) is 0 Å². The molecule has 2 aliphatic rings. The van der Waals surface area contributed by atoms with Crippen LogP contribution in [0, 0.1) is 0 Å². The maximum atomic E-state index is 12.9. The number of imide groups is 1. The monoisotopic (exact) mass is 388 g/mol. The number of carbonyl (C=O) groups excluding carboxylic acids is 2. The van der Waals surface area contributed by atoms with Gasteiger partial charge in [-0.2, -0.15) is 0 Å². The largest absolute Gasteiger partial charge is 0.333 e. The third-order valence-electron chi connectivity index (χ3n) is 4.09. The van der Waals surface area contributed by atoms with E-state index in [1.807, 2.05) is 42.5 Å². The van der Waals surface area contributed by atoms with Crippen LogP contribution in [-0.2, 0) is 4.79 Å². The molecule has 2 heterocycles. The Bertz CT molecular complexity index is 766. The van der Waals surface area contributed by atoms with Crippen LogP contribution in [0.25, 0.3) is 0 Å². The van der Waals surface area contributed by atoms with Gasteiger partial charge in [-0.25, -0.2) is 9.69 Å². The Morgan fingerprint density at radius 2 is 1.70 bits per heavy atom. The molecular weight excluding hydrogens is 376 g/mol. The number of carbonyl (C=O) groups is 2. The average molecular weight is 389 g/mol. The van der Waals surface area contributed by atoms with Gasteiger partial charge < -0.3 is 0 Å².